The van der Waals surface area contributed by atoms with Crippen LogP contribution < -0.4 is 0 Å². The molecule has 41 heavy (non-hydrogen) atoms. The molecular weight excluding hydrogens is 551 g/mol. The van der Waals surface area contributed by atoms with E-state index in [0.29, 0.717) is 12.8 Å². The van der Waals surface area contributed by atoms with Crippen LogP contribution in [0.25, 0.3) is 0 Å². The summed E-state index contributed by atoms with van der Waals surface area (Å²) in [5.41, 5.74) is 0. The van der Waals surface area contributed by atoms with Crippen molar-refractivity contribution >= 4 is 35.1 Å². The molecule has 0 aromatic carbocycles. The highest BCUT2D eigenvalue weighted by atomic mass is 35.5. The van der Waals surface area contributed by atoms with Gasteiger partial charge in [-0.15, -0.1) is 23.2 Å². The van der Waals surface area contributed by atoms with Crippen molar-refractivity contribution in [3.8, 4) is 0 Å². The summed E-state index contributed by atoms with van der Waals surface area (Å²) in [7, 11) is 0. The fraction of sp³-hybridized carbons (Fsp3) is 0.944. The Bertz CT molecular complexity index is 521. The Morgan fingerprint density at radius 2 is 0.585 bits per heavy atom. The minimum absolute atomic E-state index is 0.553. The van der Waals surface area contributed by atoms with E-state index in [9.17, 15) is 9.59 Å². The zero-order valence-corrected chi connectivity index (χ0v) is 28.9. The van der Waals surface area contributed by atoms with Crippen LogP contribution in [0.5, 0.6) is 0 Å². The number of carbonyl (C=O) groups is 2. The zero-order valence-electron chi connectivity index (χ0n) is 27.3. The van der Waals surface area contributed by atoms with Crippen molar-refractivity contribution in [1.29, 1.82) is 0 Å². The molecule has 0 bridgehead atoms. The quantitative estimate of drug-likeness (QED) is 0.0326. The highest BCUT2D eigenvalue weighted by Gasteiger charge is 2.24. The van der Waals surface area contributed by atoms with Gasteiger partial charge in [-0.25, -0.2) is 9.59 Å². The first-order valence-electron chi connectivity index (χ1n) is 18.1. The highest BCUT2D eigenvalue weighted by molar-refractivity contribution is 6.33. The van der Waals surface area contributed by atoms with E-state index in [1.807, 2.05) is 0 Å². The largest absolute Gasteiger partial charge is 0.391 e. The van der Waals surface area contributed by atoms with Gasteiger partial charge in [0.1, 0.15) is 10.8 Å². The fourth-order valence-electron chi connectivity index (χ4n) is 5.50. The van der Waals surface area contributed by atoms with Gasteiger partial charge < -0.3 is 4.74 Å². The van der Waals surface area contributed by atoms with E-state index in [4.69, 9.17) is 27.9 Å². The average Bonchev–Trinajstić information content (AvgIpc) is 2.97. The van der Waals surface area contributed by atoms with Crippen LogP contribution in [0.15, 0.2) is 0 Å². The third-order valence-electron chi connectivity index (χ3n) is 8.33. The van der Waals surface area contributed by atoms with Crippen LogP contribution in [0.1, 0.15) is 206 Å². The van der Waals surface area contributed by atoms with Gasteiger partial charge in [0.2, 0.25) is 0 Å². The first kappa shape index (κ1) is 40.7. The molecule has 0 aromatic rings. The van der Waals surface area contributed by atoms with Crippen LogP contribution >= 0.6 is 23.2 Å². The van der Waals surface area contributed by atoms with E-state index >= 15 is 0 Å². The lowest BCUT2D eigenvalue weighted by Gasteiger charge is -2.11. The normalized spacial score (nSPS) is 12.9. The molecule has 244 valence electrons. The number of hydrogen-bond donors (Lipinski definition) is 0. The first-order chi connectivity index (χ1) is 20.0. The number of alkyl halides is 2. The average molecular weight is 620 g/mol. The lowest BCUT2D eigenvalue weighted by atomic mass is 10.0. The summed E-state index contributed by atoms with van der Waals surface area (Å²) in [6.07, 6.45) is 37.2. The molecule has 0 rings (SSSR count). The summed E-state index contributed by atoms with van der Waals surface area (Å²) in [5.74, 6) is -1.28. The SMILES string of the molecule is CCCCCCCCCCCCCCCCC(Cl)C(=O)OC(=O)C(Cl)CCCCCCCCCCCCCCCC. The summed E-state index contributed by atoms with van der Waals surface area (Å²) in [4.78, 5) is 24.4. The van der Waals surface area contributed by atoms with E-state index < -0.39 is 22.7 Å². The zero-order chi connectivity index (χ0) is 30.2. The van der Waals surface area contributed by atoms with E-state index in [0.717, 1.165) is 25.7 Å². The molecule has 0 amide bonds. The summed E-state index contributed by atoms with van der Waals surface area (Å²) in [5, 5.41) is -1.53. The first-order valence-corrected chi connectivity index (χ1v) is 18.9. The lowest BCUT2D eigenvalue weighted by Crippen LogP contribution is -2.26. The Morgan fingerprint density at radius 3 is 0.805 bits per heavy atom. The summed E-state index contributed by atoms with van der Waals surface area (Å²) in [6.45, 7) is 4.53. The Balaban J connectivity index is 3.54. The van der Waals surface area contributed by atoms with Crippen LogP contribution in [0.4, 0.5) is 0 Å². The molecule has 0 N–H and O–H groups in total. The summed E-state index contributed by atoms with van der Waals surface area (Å²) < 4.78 is 4.97. The van der Waals surface area contributed by atoms with E-state index in [-0.39, 0.29) is 0 Å². The molecule has 0 aliphatic heterocycles. The molecule has 0 fully saturated rings. The van der Waals surface area contributed by atoms with Crippen molar-refractivity contribution in [2.45, 2.75) is 217 Å². The summed E-state index contributed by atoms with van der Waals surface area (Å²) in [6, 6.07) is 0. The van der Waals surface area contributed by atoms with Crippen molar-refractivity contribution in [2.24, 2.45) is 0 Å². The predicted molar refractivity (Wildman–Crippen MR) is 180 cm³/mol. The molecule has 0 saturated heterocycles. The monoisotopic (exact) mass is 618 g/mol. The molecule has 0 aromatic heterocycles. The van der Waals surface area contributed by atoms with Crippen LogP contribution in [-0.4, -0.2) is 22.7 Å². The van der Waals surface area contributed by atoms with Gasteiger partial charge in [-0.1, -0.05) is 194 Å². The predicted octanol–water partition coefficient (Wildman–Crippen LogP) is 13.0. The maximum Gasteiger partial charge on any atom is 0.331 e. The molecular formula is C36H68Cl2O3. The molecule has 0 aliphatic rings. The smallest absolute Gasteiger partial charge is 0.331 e. The van der Waals surface area contributed by atoms with Gasteiger partial charge in [0, 0.05) is 0 Å². The number of halogens is 2. The van der Waals surface area contributed by atoms with Crippen LogP contribution in [0, 0.1) is 0 Å². The van der Waals surface area contributed by atoms with E-state index in [1.165, 1.54) is 154 Å². The third-order valence-corrected chi connectivity index (χ3v) is 9.13. The molecule has 0 spiro atoms. The van der Waals surface area contributed by atoms with Crippen LogP contribution in [0.3, 0.4) is 0 Å². The maximum absolute atomic E-state index is 12.2. The highest BCUT2D eigenvalue weighted by Crippen LogP contribution is 2.18. The molecule has 5 heteroatoms. The number of hydrogen-bond acceptors (Lipinski definition) is 3. The second-order valence-electron chi connectivity index (χ2n) is 12.4. The summed E-state index contributed by atoms with van der Waals surface area (Å²) >= 11 is 12.4. The van der Waals surface area contributed by atoms with Gasteiger partial charge in [0.05, 0.1) is 0 Å². The molecule has 2 atom stereocenters. The Kier molecular flexibility index (Phi) is 32.4. The van der Waals surface area contributed by atoms with Crippen LogP contribution in [0.2, 0.25) is 0 Å². The fourth-order valence-corrected chi connectivity index (χ4v) is 5.90. The van der Waals surface area contributed by atoms with Crippen molar-refractivity contribution < 1.29 is 14.3 Å². The number of rotatable bonds is 32. The Labute approximate surface area is 266 Å². The molecule has 0 radical (unpaired) electrons. The number of ether oxygens (including phenoxy) is 1. The molecule has 0 heterocycles. The third kappa shape index (κ3) is 29.6. The standard InChI is InChI=1S/C36H68Cl2O3/c1-3-5-7-9-11-13-15-17-19-21-23-25-27-29-31-33(37)35(39)41-36(40)34(38)32-30-28-26-24-22-20-18-16-14-12-10-8-6-4-2/h33-34H,3-32H2,1-2H3. The number of esters is 2. The molecule has 2 unspecified atom stereocenters. The molecule has 0 saturated carbocycles. The van der Waals surface area contributed by atoms with Gasteiger partial charge in [-0.3, -0.25) is 0 Å². The Morgan fingerprint density at radius 1 is 0.390 bits per heavy atom. The lowest BCUT2D eigenvalue weighted by molar-refractivity contribution is -0.159. The maximum atomic E-state index is 12.2. The van der Waals surface area contributed by atoms with Crippen molar-refractivity contribution in [3.63, 3.8) is 0 Å². The van der Waals surface area contributed by atoms with E-state index in [2.05, 4.69) is 13.8 Å². The van der Waals surface area contributed by atoms with Crippen LogP contribution in [-0.2, 0) is 14.3 Å². The second kappa shape index (κ2) is 32.6. The minimum Gasteiger partial charge on any atom is -0.391 e. The number of unbranched alkanes of at least 4 members (excludes halogenated alkanes) is 26. The van der Waals surface area contributed by atoms with Gasteiger partial charge >= 0.3 is 11.9 Å². The van der Waals surface area contributed by atoms with E-state index in [1.54, 1.807) is 0 Å². The van der Waals surface area contributed by atoms with Crippen molar-refractivity contribution in [2.75, 3.05) is 0 Å². The van der Waals surface area contributed by atoms with Gasteiger partial charge in [-0.05, 0) is 12.8 Å². The second-order valence-corrected chi connectivity index (χ2v) is 13.5. The molecule has 0 aliphatic carbocycles. The molecule has 3 nitrogen and oxygen atoms in total. The van der Waals surface area contributed by atoms with Crippen molar-refractivity contribution in [1.82, 2.24) is 0 Å². The topological polar surface area (TPSA) is 43.4 Å². The number of carbonyl (C=O) groups excluding carboxylic acids is 2. The van der Waals surface area contributed by atoms with Gasteiger partial charge in [0.25, 0.3) is 0 Å². The van der Waals surface area contributed by atoms with Gasteiger partial charge in [0.15, 0.2) is 0 Å². The minimum atomic E-state index is -0.763. The van der Waals surface area contributed by atoms with Gasteiger partial charge in [-0.2, -0.15) is 0 Å². The van der Waals surface area contributed by atoms with Crippen molar-refractivity contribution in [3.05, 3.63) is 0 Å². The Hall–Kier alpha value is -0.280.